The molecule has 78 valence electrons. The van der Waals surface area contributed by atoms with Crippen LogP contribution in [-0.4, -0.2) is 41.8 Å². The number of nitrogens with two attached hydrogens (primary N) is 1. The Balaban J connectivity index is 2.33. The molecule has 1 rings (SSSR count). The molecule has 0 aromatic carbocycles. The molecule has 0 spiro atoms. The Morgan fingerprint density at radius 1 is 1.54 bits per heavy atom. The third-order valence-corrected chi connectivity index (χ3v) is 2.81. The van der Waals surface area contributed by atoms with Gasteiger partial charge >= 0.3 is 0 Å². The summed E-state index contributed by atoms with van der Waals surface area (Å²) in [7, 11) is 0. The molecular weight excluding hydrogens is 164 g/mol. The van der Waals surface area contributed by atoms with Crippen molar-refractivity contribution in [3.05, 3.63) is 0 Å². The van der Waals surface area contributed by atoms with Crippen LogP contribution in [0.2, 0.25) is 0 Å². The van der Waals surface area contributed by atoms with Gasteiger partial charge in [0.2, 0.25) is 0 Å². The molecule has 3 N–H and O–H groups in total. The maximum Gasteiger partial charge on any atom is 0.0679 e. The van der Waals surface area contributed by atoms with Crippen molar-refractivity contribution in [2.75, 3.05) is 19.6 Å². The monoisotopic (exact) mass is 186 g/mol. The second-order valence-electron chi connectivity index (χ2n) is 5.17. The molecule has 1 saturated heterocycles. The molecule has 2 unspecified atom stereocenters. The van der Waals surface area contributed by atoms with Crippen LogP contribution in [0.1, 0.15) is 27.2 Å². The largest absolute Gasteiger partial charge is 0.392 e. The van der Waals surface area contributed by atoms with Crippen LogP contribution in [0.25, 0.3) is 0 Å². The van der Waals surface area contributed by atoms with E-state index < -0.39 is 0 Å². The highest BCUT2D eigenvalue weighted by molar-refractivity contribution is 4.83. The standard InChI is InChI=1S/C10H22N2O/c1-10(2,3)9(11)7-12-5-4-8(13)6-12/h8-9,13H,4-7,11H2,1-3H3. The Hall–Kier alpha value is -0.120. The van der Waals surface area contributed by atoms with Gasteiger partial charge in [-0.05, 0) is 11.8 Å². The van der Waals surface area contributed by atoms with Gasteiger partial charge in [0.25, 0.3) is 0 Å². The molecule has 1 fully saturated rings. The van der Waals surface area contributed by atoms with E-state index in [1.165, 1.54) is 0 Å². The molecule has 0 bridgehead atoms. The van der Waals surface area contributed by atoms with E-state index in [1.54, 1.807) is 0 Å². The Labute approximate surface area is 80.9 Å². The van der Waals surface area contributed by atoms with Gasteiger partial charge in [-0.3, -0.25) is 4.90 Å². The van der Waals surface area contributed by atoms with E-state index in [1.807, 2.05) is 0 Å². The number of likely N-dealkylation sites (tertiary alicyclic amines) is 1. The molecule has 3 heteroatoms. The summed E-state index contributed by atoms with van der Waals surface area (Å²) in [5, 5.41) is 9.33. The first-order valence-electron chi connectivity index (χ1n) is 5.05. The van der Waals surface area contributed by atoms with Gasteiger partial charge in [-0.25, -0.2) is 0 Å². The van der Waals surface area contributed by atoms with Crippen LogP contribution in [0, 0.1) is 5.41 Å². The molecule has 0 aromatic heterocycles. The quantitative estimate of drug-likeness (QED) is 0.657. The molecule has 1 aliphatic rings. The SMILES string of the molecule is CC(C)(C)C(N)CN1CCC(O)C1. The van der Waals surface area contributed by atoms with E-state index in [4.69, 9.17) is 5.73 Å². The molecule has 13 heavy (non-hydrogen) atoms. The lowest BCUT2D eigenvalue weighted by Gasteiger charge is -2.30. The van der Waals surface area contributed by atoms with Crippen LogP contribution in [0.5, 0.6) is 0 Å². The first-order valence-corrected chi connectivity index (χ1v) is 5.05. The van der Waals surface area contributed by atoms with Gasteiger partial charge < -0.3 is 10.8 Å². The normalized spacial score (nSPS) is 27.9. The van der Waals surface area contributed by atoms with Crippen LogP contribution in [-0.2, 0) is 0 Å². The van der Waals surface area contributed by atoms with Gasteiger partial charge in [0, 0.05) is 25.7 Å². The van der Waals surface area contributed by atoms with Gasteiger partial charge in [0.15, 0.2) is 0 Å². The van der Waals surface area contributed by atoms with Crippen molar-refractivity contribution in [3.63, 3.8) is 0 Å². The molecule has 1 aliphatic heterocycles. The number of hydrogen-bond donors (Lipinski definition) is 2. The first-order chi connectivity index (χ1) is 5.89. The molecule has 0 aromatic rings. The van der Waals surface area contributed by atoms with Crippen molar-refractivity contribution < 1.29 is 5.11 Å². The number of β-amino-alcohol motifs (C(OH)–C–C–N with tert-alkyl or cyclic N) is 1. The zero-order valence-corrected chi connectivity index (χ0v) is 8.95. The summed E-state index contributed by atoms with van der Waals surface area (Å²) in [5.41, 5.74) is 6.21. The summed E-state index contributed by atoms with van der Waals surface area (Å²) in [5.74, 6) is 0. The highest BCUT2D eigenvalue weighted by Gasteiger charge is 2.26. The number of aliphatic hydroxyl groups is 1. The lowest BCUT2D eigenvalue weighted by molar-refractivity contribution is 0.164. The van der Waals surface area contributed by atoms with Gasteiger partial charge in [-0.2, -0.15) is 0 Å². The van der Waals surface area contributed by atoms with Crippen LogP contribution in [0.15, 0.2) is 0 Å². The predicted molar refractivity (Wildman–Crippen MR) is 54.5 cm³/mol. The highest BCUT2D eigenvalue weighted by atomic mass is 16.3. The van der Waals surface area contributed by atoms with Crippen LogP contribution >= 0.6 is 0 Å². The third kappa shape index (κ3) is 3.25. The zero-order valence-electron chi connectivity index (χ0n) is 8.95. The molecule has 0 radical (unpaired) electrons. The van der Waals surface area contributed by atoms with Gasteiger partial charge in [-0.1, -0.05) is 20.8 Å². The minimum Gasteiger partial charge on any atom is -0.392 e. The molecule has 1 heterocycles. The summed E-state index contributed by atoms with van der Waals surface area (Å²) < 4.78 is 0. The van der Waals surface area contributed by atoms with Crippen molar-refractivity contribution in [2.24, 2.45) is 11.1 Å². The van der Waals surface area contributed by atoms with Gasteiger partial charge in [0.1, 0.15) is 0 Å². The molecule has 0 amide bonds. The summed E-state index contributed by atoms with van der Waals surface area (Å²) in [6.45, 7) is 9.16. The fourth-order valence-electron chi connectivity index (χ4n) is 1.53. The summed E-state index contributed by atoms with van der Waals surface area (Å²) in [4.78, 5) is 2.25. The summed E-state index contributed by atoms with van der Waals surface area (Å²) in [6, 6.07) is 0.192. The Morgan fingerprint density at radius 2 is 2.15 bits per heavy atom. The van der Waals surface area contributed by atoms with Crippen LogP contribution in [0.3, 0.4) is 0 Å². The summed E-state index contributed by atoms with van der Waals surface area (Å²) >= 11 is 0. The maximum absolute atomic E-state index is 9.33. The van der Waals surface area contributed by atoms with E-state index in [0.29, 0.717) is 0 Å². The van der Waals surface area contributed by atoms with Crippen molar-refractivity contribution in [1.29, 1.82) is 0 Å². The van der Waals surface area contributed by atoms with E-state index in [2.05, 4.69) is 25.7 Å². The van der Waals surface area contributed by atoms with Crippen molar-refractivity contribution in [2.45, 2.75) is 39.3 Å². The van der Waals surface area contributed by atoms with Crippen molar-refractivity contribution >= 4 is 0 Å². The van der Waals surface area contributed by atoms with Gasteiger partial charge in [-0.15, -0.1) is 0 Å². The maximum atomic E-state index is 9.33. The Kier molecular flexibility index (Phi) is 3.33. The summed E-state index contributed by atoms with van der Waals surface area (Å²) in [6.07, 6.45) is 0.767. The predicted octanol–water partition coefficient (Wildman–Crippen LogP) is 0.426. The fourth-order valence-corrected chi connectivity index (χ4v) is 1.53. The van der Waals surface area contributed by atoms with Crippen LogP contribution in [0.4, 0.5) is 0 Å². The molecule has 2 atom stereocenters. The first kappa shape index (κ1) is 11.0. The average molecular weight is 186 g/mol. The lowest BCUT2D eigenvalue weighted by Crippen LogP contribution is -2.44. The van der Waals surface area contributed by atoms with E-state index in [9.17, 15) is 5.11 Å². The van der Waals surface area contributed by atoms with E-state index in [-0.39, 0.29) is 17.6 Å². The van der Waals surface area contributed by atoms with Crippen LogP contribution < -0.4 is 5.73 Å². The van der Waals surface area contributed by atoms with Gasteiger partial charge in [0.05, 0.1) is 6.10 Å². The lowest BCUT2D eigenvalue weighted by atomic mass is 9.87. The fraction of sp³-hybridized carbons (Fsp3) is 1.00. The second-order valence-corrected chi connectivity index (χ2v) is 5.17. The van der Waals surface area contributed by atoms with E-state index in [0.717, 1.165) is 26.1 Å². The smallest absolute Gasteiger partial charge is 0.0679 e. The van der Waals surface area contributed by atoms with E-state index >= 15 is 0 Å². The molecule has 0 saturated carbocycles. The third-order valence-electron chi connectivity index (χ3n) is 2.81. The number of aliphatic hydroxyl groups excluding tert-OH is 1. The average Bonchev–Trinajstić information content (AvgIpc) is 2.33. The number of hydrogen-bond acceptors (Lipinski definition) is 3. The second kappa shape index (κ2) is 3.95. The number of rotatable bonds is 2. The molecule has 3 nitrogen and oxygen atoms in total. The molecular formula is C10H22N2O. The zero-order chi connectivity index (χ0) is 10.1. The Morgan fingerprint density at radius 3 is 2.54 bits per heavy atom. The minimum absolute atomic E-state index is 0.132. The topological polar surface area (TPSA) is 49.5 Å². The van der Waals surface area contributed by atoms with Crippen molar-refractivity contribution in [1.82, 2.24) is 4.90 Å². The number of nitrogens with zero attached hydrogens (tertiary/aromatic N) is 1. The highest BCUT2D eigenvalue weighted by Crippen LogP contribution is 2.19. The minimum atomic E-state index is -0.132. The van der Waals surface area contributed by atoms with Crippen molar-refractivity contribution in [3.8, 4) is 0 Å². The Bertz CT molecular complexity index is 165. The molecule has 0 aliphatic carbocycles.